The summed E-state index contributed by atoms with van der Waals surface area (Å²) < 4.78 is 27.4. The van der Waals surface area contributed by atoms with Crippen molar-refractivity contribution < 1.29 is 8.42 Å². The average Bonchev–Trinajstić information content (AvgIpc) is 2.79. The molecule has 0 bridgehead atoms. The second kappa shape index (κ2) is 4.86. The molecule has 2 aromatic carbocycles. The van der Waals surface area contributed by atoms with Gasteiger partial charge in [0, 0.05) is 18.5 Å². The molecule has 2 atom stereocenters. The van der Waals surface area contributed by atoms with Crippen molar-refractivity contribution in [3.8, 4) is 0 Å². The molecule has 2 aromatic rings. The highest BCUT2D eigenvalue weighted by atomic mass is 32.2. The Kier molecular flexibility index (Phi) is 3.30. The molecular weight excluding hydrogens is 270 g/mol. The van der Waals surface area contributed by atoms with Crippen LogP contribution in [0.1, 0.15) is 13.8 Å². The maximum atomic E-state index is 12.9. The summed E-state index contributed by atoms with van der Waals surface area (Å²) in [6.45, 7) is 5.46. The van der Waals surface area contributed by atoms with Crippen LogP contribution in [0.25, 0.3) is 10.8 Å². The standard InChI is InChI=1S/C16H19NO2S/c1-12-10-17(11-13(12)2)20(18,19)16-9-5-7-14-6-3-4-8-15(14)16/h3-9,12-13H,10-11H2,1-2H3. The zero-order valence-electron chi connectivity index (χ0n) is 11.8. The van der Waals surface area contributed by atoms with Crippen LogP contribution in [0, 0.1) is 11.8 Å². The zero-order valence-corrected chi connectivity index (χ0v) is 12.6. The predicted molar refractivity (Wildman–Crippen MR) is 81.0 cm³/mol. The van der Waals surface area contributed by atoms with Crippen molar-refractivity contribution in [3.63, 3.8) is 0 Å². The summed E-state index contributed by atoms with van der Waals surface area (Å²) in [5.41, 5.74) is 0. The van der Waals surface area contributed by atoms with Crippen molar-refractivity contribution in [2.45, 2.75) is 18.7 Å². The molecule has 3 nitrogen and oxygen atoms in total. The molecule has 1 aliphatic rings. The lowest BCUT2D eigenvalue weighted by molar-refractivity contribution is 0.464. The molecule has 1 aliphatic heterocycles. The average molecular weight is 289 g/mol. The van der Waals surface area contributed by atoms with Crippen LogP contribution in [0.3, 0.4) is 0 Å². The van der Waals surface area contributed by atoms with E-state index in [1.54, 1.807) is 10.4 Å². The molecule has 0 amide bonds. The van der Waals surface area contributed by atoms with Gasteiger partial charge in [0.1, 0.15) is 0 Å². The van der Waals surface area contributed by atoms with Gasteiger partial charge in [-0.25, -0.2) is 8.42 Å². The summed E-state index contributed by atoms with van der Waals surface area (Å²) >= 11 is 0. The molecule has 1 fully saturated rings. The number of benzene rings is 2. The second-order valence-electron chi connectivity index (χ2n) is 5.75. The van der Waals surface area contributed by atoms with E-state index in [-0.39, 0.29) is 0 Å². The van der Waals surface area contributed by atoms with Gasteiger partial charge in [0.05, 0.1) is 4.90 Å². The zero-order chi connectivity index (χ0) is 14.3. The van der Waals surface area contributed by atoms with Crippen molar-refractivity contribution in [1.82, 2.24) is 4.31 Å². The highest BCUT2D eigenvalue weighted by Gasteiger charge is 2.35. The van der Waals surface area contributed by atoms with E-state index in [9.17, 15) is 8.42 Å². The molecule has 4 heteroatoms. The largest absolute Gasteiger partial charge is 0.243 e. The molecule has 0 aliphatic carbocycles. The van der Waals surface area contributed by atoms with Gasteiger partial charge in [-0.15, -0.1) is 0 Å². The third-order valence-electron chi connectivity index (χ3n) is 4.32. The first-order valence-corrected chi connectivity index (χ1v) is 8.42. The number of sulfonamides is 1. The molecule has 1 saturated heterocycles. The molecule has 0 radical (unpaired) electrons. The summed E-state index contributed by atoms with van der Waals surface area (Å²) in [6, 6.07) is 13.1. The molecule has 0 N–H and O–H groups in total. The molecule has 106 valence electrons. The van der Waals surface area contributed by atoms with E-state index in [4.69, 9.17) is 0 Å². The Morgan fingerprint density at radius 3 is 2.25 bits per heavy atom. The highest BCUT2D eigenvalue weighted by Crippen LogP contribution is 2.31. The van der Waals surface area contributed by atoms with Gasteiger partial charge in [-0.3, -0.25) is 0 Å². The molecule has 1 heterocycles. The van der Waals surface area contributed by atoms with Gasteiger partial charge in [0.2, 0.25) is 10.0 Å². The maximum absolute atomic E-state index is 12.9. The number of rotatable bonds is 2. The molecule has 0 aromatic heterocycles. The monoisotopic (exact) mass is 289 g/mol. The van der Waals surface area contributed by atoms with E-state index in [0.29, 0.717) is 29.8 Å². The third kappa shape index (κ3) is 2.13. The number of hydrogen-bond donors (Lipinski definition) is 0. The summed E-state index contributed by atoms with van der Waals surface area (Å²) in [7, 11) is -3.40. The number of fused-ring (bicyclic) bond motifs is 1. The fourth-order valence-electron chi connectivity index (χ4n) is 2.83. The molecule has 3 rings (SSSR count). The minimum absolute atomic E-state index is 0.416. The van der Waals surface area contributed by atoms with Crippen molar-refractivity contribution in [2.24, 2.45) is 11.8 Å². The Balaban J connectivity index is 2.11. The Morgan fingerprint density at radius 1 is 0.950 bits per heavy atom. The van der Waals surface area contributed by atoms with Gasteiger partial charge in [0.25, 0.3) is 0 Å². The Hall–Kier alpha value is -1.39. The summed E-state index contributed by atoms with van der Waals surface area (Å²) in [5.74, 6) is 0.833. The lowest BCUT2D eigenvalue weighted by Crippen LogP contribution is -2.29. The predicted octanol–water partition coefficient (Wildman–Crippen LogP) is 3.12. The topological polar surface area (TPSA) is 37.4 Å². The van der Waals surface area contributed by atoms with E-state index in [0.717, 1.165) is 10.8 Å². The minimum Gasteiger partial charge on any atom is -0.207 e. The van der Waals surface area contributed by atoms with E-state index in [1.807, 2.05) is 36.4 Å². The smallest absolute Gasteiger partial charge is 0.207 e. The maximum Gasteiger partial charge on any atom is 0.243 e. The normalized spacial score (nSPS) is 24.3. The molecule has 20 heavy (non-hydrogen) atoms. The molecule has 0 spiro atoms. The quantitative estimate of drug-likeness (QED) is 0.852. The van der Waals surface area contributed by atoms with Crippen LogP contribution in [0.2, 0.25) is 0 Å². The van der Waals surface area contributed by atoms with Crippen LogP contribution < -0.4 is 0 Å². The highest BCUT2D eigenvalue weighted by molar-refractivity contribution is 7.89. The van der Waals surface area contributed by atoms with Gasteiger partial charge < -0.3 is 0 Å². The first-order valence-electron chi connectivity index (χ1n) is 6.98. The summed E-state index contributed by atoms with van der Waals surface area (Å²) in [5, 5.41) is 1.77. The summed E-state index contributed by atoms with van der Waals surface area (Å²) in [4.78, 5) is 0.428. The van der Waals surface area contributed by atoms with Gasteiger partial charge in [-0.05, 0) is 23.3 Å². The van der Waals surface area contributed by atoms with Crippen LogP contribution in [-0.2, 0) is 10.0 Å². The third-order valence-corrected chi connectivity index (χ3v) is 6.21. The fourth-order valence-corrected chi connectivity index (χ4v) is 4.69. The Labute approximate surface area is 120 Å². The Bertz CT molecular complexity index is 724. The SMILES string of the molecule is CC1CN(S(=O)(=O)c2cccc3ccccc23)CC1C. The lowest BCUT2D eigenvalue weighted by atomic mass is 10.0. The molecular formula is C16H19NO2S. The van der Waals surface area contributed by atoms with E-state index < -0.39 is 10.0 Å². The van der Waals surface area contributed by atoms with Crippen LogP contribution in [0.5, 0.6) is 0 Å². The van der Waals surface area contributed by atoms with Crippen LogP contribution in [0.15, 0.2) is 47.4 Å². The number of hydrogen-bond acceptors (Lipinski definition) is 2. The first kappa shape index (κ1) is 13.6. The summed E-state index contributed by atoms with van der Waals surface area (Å²) in [6.07, 6.45) is 0. The molecule has 2 unspecified atom stereocenters. The van der Waals surface area contributed by atoms with Gasteiger partial charge in [0.15, 0.2) is 0 Å². The number of nitrogens with zero attached hydrogens (tertiary/aromatic N) is 1. The van der Waals surface area contributed by atoms with Crippen LogP contribution in [-0.4, -0.2) is 25.8 Å². The van der Waals surface area contributed by atoms with E-state index >= 15 is 0 Å². The van der Waals surface area contributed by atoms with Crippen LogP contribution in [0.4, 0.5) is 0 Å². The van der Waals surface area contributed by atoms with E-state index in [1.165, 1.54) is 0 Å². The minimum atomic E-state index is -3.40. The lowest BCUT2D eigenvalue weighted by Gasteiger charge is -2.17. The first-order chi connectivity index (χ1) is 9.50. The van der Waals surface area contributed by atoms with Gasteiger partial charge in [-0.2, -0.15) is 4.31 Å². The second-order valence-corrected chi connectivity index (χ2v) is 7.66. The van der Waals surface area contributed by atoms with Crippen LogP contribution >= 0.6 is 0 Å². The van der Waals surface area contributed by atoms with Crippen molar-refractivity contribution in [2.75, 3.05) is 13.1 Å². The van der Waals surface area contributed by atoms with Crippen molar-refractivity contribution in [3.05, 3.63) is 42.5 Å². The molecule has 0 saturated carbocycles. The van der Waals surface area contributed by atoms with E-state index in [2.05, 4.69) is 13.8 Å². The van der Waals surface area contributed by atoms with Crippen molar-refractivity contribution in [1.29, 1.82) is 0 Å². The van der Waals surface area contributed by atoms with Gasteiger partial charge in [-0.1, -0.05) is 50.2 Å². The Morgan fingerprint density at radius 2 is 1.55 bits per heavy atom. The van der Waals surface area contributed by atoms with Gasteiger partial charge >= 0.3 is 0 Å². The van der Waals surface area contributed by atoms with Crippen molar-refractivity contribution >= 4 is 20.8 Å². The fraction of sp³-hybridized carbons (Fsp3) is 0.375.